The Labute approximate surface area is 126 Å². The predicted molar refractivity (Wildman–Crippen MR) is 73.8 cm³/mol. The third kappa shape index (κ3) is 3.78. The number of nitrogens with one attached hydrogen (secondary N) is 1. The van der Waals surface area contributed by atoms with Crippen LogP contribution in [0.3, 0.4) is 0 Å². The van der Waals surface area contributed by atoms with Crippen LogP contribution in [0.15, 0.2) is 30.3 Å². The molecule has 22 heavy (non-hydrogen) atoms. The molecule has 0 spiro atoms. The Morgan fingerprint density at radius 2 is 1.55 bits per heavy atom. The van der Waals surface area contributed by atoms with E-state index in [0.717, 1.165) is 19.1 Å². The van der Waals surface area contributed by atoms with Crippen LogP contribution < -0.4 is 5.32 Å². The van der Waals surface area contributed by atoms with Crippen molar-refractivity contribution in [2.24, 2.45) is 0 Å². The highest BCUT2D eigenvalue weighted by Gasteiger charge is 2.65. The molecule has 0 aliphatic rings. The standard InChI is InChI=1S/C15H18F3NO3/c1-10(20)22-14(15(16,17)18,11-8-6-5-7-9-11)12(21)19-13(2,3)4/h5-9H,1-4H3,(H,19,21). The molecule has 0 saturated carbocycles. The lowest BCUT2D eigenvalue weighted by molar-refractivity contribution is -0.266. The number of ether oxygens (including phenoxy) is 1. The van der Waals surface area contributed by atoms with Gasteiger partial charge in [0, 0.05) is 18.0 Å². The second-order valence-electron chi connectivity index (χ2n) is 5.84. The first-order chi connectivity index (χ1) is 9.90. The highest BCUT2D eigenvalue weighted by atomic mass is 19.4. The van der Waals surface area contributed by atoms with Gasteiger partial charge in [-0.2, -0.15) is 13.2 Å². The third-order valence-electron chi connectivity index (χ3n) is 2.68. The number of carbonyl (C=O) groups is 2. The average molecular weight is 317 g/mol. The first-order valence-corrected chi connectivity index (χ1v) is 6.54. The van der Waals surface area contributed by atoms with Crippen molar-refractivity contribution in [3.8, 4) is 0 Å². The Morgan fingerprint density at radius 1 is 1.05 bits per heavy atom. The normalized spacial score (nSPS) is 14.9. The van der Waals surface area contributed by atoms with Crippen molar-refractivity contribution in [1.29, 1.82) is 0 Å². The zero-order valence-electron chi connectivity index (χ0n) is 12.7. The summed E-state index contributed by atoms with van der Waals surface area (Å²) in [5.41, 5.74) is -4.77. The first-order valence-electron chi connectivity index (χ1n) is 6.54. The van der Waals surface area contributed by atoms with Gasteiger partial charge >= 0.3 is 17.7 Å². The number of hydrogen-bond acceptors (Lipinski definition) is 3. The van der Waals surface area contributed by atoms with Crippen LogP contribution in [0, 0.1) is 0 Å². The highest BCUT2D eigenvalue weighted by molar-refractivity contribution is 5.90. The smallest absolute Gasteiger partial charge is 0.434 e. The van der Waals surface area contributed by atoms with Crippen molar-refractivity contribution in [2.75, 3.05) is 0 Å². The van der Waals surface area contributed by atoms with Crippen LogP contribution in [0.4, 0.5) is 13.2 Å². The summed E-state index contributed by atoms with van der Waals surface area (Å²) in [5.74, 6) is -2.64. The van der Waals surface area contributed by atoms with E-state index in [9.17, 15) is 22.8 Å². The van der Waals surface area contributed by atoms with Crippen molar-refractivity contribution in [2.45, 2.75) is 45.0 Å². The van der Waals surface area contributed by atoms with Gasteiger partial charge in [0.05, 0.1) is 0 Å². The number of hydrogen-bond donors (Lipinski definition) is 1. The molecular formula is C15H18F3NO3. The maximum Gasteiger partial charge on any atom is 0.442 e. The summed E-state index contributed by atoms with van der Waals surface area (Å²) in [5, 5.41) is 2.23. The highest BCUT2D eigenvalue weighted by Crippen LogP contribution is 2.43. The van der Waals surface area contributed by atoms with E-state index in [0.29, 0.717) is 0 Å². The van der Waals surface area contributed by atoms with Crippen molar-refractivity contribution in [3.05, 3.63) is 35.9 Å². The molecule has 0 fully saturated rings. The zero-order chi connectivity index (χ0) is 17.2. The summed E-state index contributed by atoms with van der Waals surface area (Å²) < 4.78 is 45.6. The van der Waals surface area contributed by atoms with Crippen LogP contribution in [-0.4, -0.2) is 23.6 Å². The number of esters is 1. The topological polar surface area (TPSA) is 55.4 Å². The maximum absolute atomic E-state index is 13.7. The van der Waals surface area contributed by atoms with E-state index in [1.54, 1.807) is 0 Å². The number of rotatable bonds is 3. The van der Waals surface area contributed by atoms with Crippen molar-refractivity contribution in [1.82, 2.24) is 5.32 Å². The molecule has 0 aliphatic carbocycles. The van der Waals surface area contributed by atoms with Gasteiger partial charge in [0.1, 0.15) is 0 Å². The van der Waals surface area contributed by atoms with Gasteiger partial charge in [-0.05, 0) is 20.8 Å². The Morgan fingerprint density at radius 3 is 1.91 bits per heavy atom. The number of carbonyl (C=O) groups excluding carboxylic acids is 2. The van der Waals surface area contributed by atoms with Crippen LogP contribution in [0.5, 0.6) is 0 Å². The van der Waals surface area contributed by atoms with Gasteiger partial charge in [0.15, 0.2) is 0 Å². The van der Waals surface area contributed by atoms with Crippen LogP contribution in [-0.2, 0) is 19.9 Å². The second-order valence-corrected chi connectivity index (χ2v) is 5.84. The summed E-state index contributed by atoms with van der Waals surface area (Å²) >= 11 is 0. The van der Waals surface area contributed by atoms with E-state index in [2.05, 4.69) is 10.1 Å². The lowest BCUT2D eigenvalue weighted by Crippen LogP contribution is -2.60. The molecule has 1 rings (SSSR count). The summed E-state index contributed by atoms with van der Waals surface area (Å²) in [6, 6.07) is 6.37. The fourth-order valence-electron chi connectivity index (χ4n) is 1.90. The van der Waals surface area contributed by atoms with Crippen molar-refractivity contribution < 1.29 is 27.5 Å². The monoisotopic (exact) mass is 317 g/mol. The molecule has 1 aromatic rings. The minimum absolute atomic E-state index is 0.459. The van der Waals surface area contributed by atoms with Gasteiger partial charge < -0.3 is 10.1 Å². The number of alkyl halides is 3. The van der Waals surface area contributed by atoms with Crippen molar-refractivity contribution in [3.63, 3.8) is 0 Å². The first kappa shape index (κ1) is 18.0. The zero-order valence-corrected chi connectivity index (χ0v) is 12.7. The SMILES string of the molecule is CC(=O)OC(C(=O)NC(C)(C)C)(c1ccccc1)C(F)(F)F. The fraction of sp³-hybridized carbons (Fsp3) is 0.467. The summed E-state index contributed by atoms with van der Waals surface area (Å²) in [6.45, 7) is 5.42. The lowest BCUT2D eigenvalue weighted by Gasteiger charge is -2.36. The molecule has 122 valence electrons. The third-order valence-corrected chi connectivity index (χ3v) is 2.68. The van der Waals surface area contributed by atoms with Gasteiger partial charge in [-0.15, -0.1) is 0 Å². The Balaban J connectivity index is 3.53. The minimum atomic E-state index is -5.12. The van der Waals surface area contributed by atoms with Crippen LogP contribution in [0.2, 0.25) is 0 Å². The average Bonchev–Trinajstić information content (AvgIpc) is 2.33. The van der Waals surface area contributed by atoms with Crippen LogP contribution in [0.25, 0.3) is 0 Å². The van der Waals surface area contributed by atoms with Crippen LogP contribution in [0.1, 0.15) is 33.3 Å². The molecule has 1 unspecified atom stereocenters. The van der Waals surface area contributed by atoms with Gasteiger partial charge in [0.25, 0.3) is 5.91 Å². The summed E-state index contributed by atoms with van der Waals surface area (Å²) in [4.78, 5) is 23.6. The molecule has 1 amide bonds. The maximum atomic E-state index is 13.7. The van der Waals surface area contributed by atoms with E-state index in [1.165, 1.54) is 39.0 Å². The molecule has 7 heteroatoms. The molecule has 0 aliphatic heterocycles. The van der Waals surface area contributed by atoms with E-state index in [1.807, 2.05) is 0 Å². The van der Waals surface area contributed by atoms with Gasteiger partial charge in [-0.3, -0.25) is 9.59 Å². The van der Waals surface area contributed by atoms with Gasteiger partial charge in [-0.1, -0.05) is 30.3 Å². The van der Waals surface area contributed by atoms with E-state index < -0.39 is 34.8 Å². The minimum Gasteiger partial charge on any atom is -0.434 e. The Kier molecular flexibility index (Phi) is 4.89. The largest absolute Gasteiger partial charge is 0.442 e. The molecule has 0 saturated heterocycles. The van der Waals surface area contributed by atoms with Crippen LogP contribution >= 0.6 is 0 Å². The fourth-order valence-corrected chi connectivity index (χ4v) is 1.90. The molecule has 0 bridgehead atoms. The molecule has 1 N–H and O–H groups in total. The Hall–Kier alpha value is -2.05. The molecule has 1 aromatic carbocycles. The second kappa shape index (κ2) is 5.98. The lowest BCUT2D eigenvalue weighted by atomic mass is 9.90. The summed E-state index contributed by atoms with van der Waals surface area (Å²) in [7, 11) is 0. The van der Waals surface area contributed by atoms with E-state index >= 15 is 0 Å². The molecule has 4 nitrogen and oxygen atoms in total. The number of amides is 1. The van der Waals surface area contributed by atoms with E-state index in [4.69, 9.17) is 0 Å². The van der Waals surface area contributed by atoms with Crippen molar-refractivity contribution >= 4 is 11.9 Å². The van der Waals surface area contributed by atoms with Gasteiger partial charge in [-0.25, -0.2) is 0 Å². The Bertz CT molecular complexity index is 549. The summed E-state index contributed by atoms with van der Waals surface area (Å²) in [6.07, 6.45) is -5.12. The molecule has 0 heterocycles. The quantitative estimate of drug-likeness (QED) is 0.872. The molecular weight excluding hydrogens is 299 g/mol. The molecule has 1 atom stereocenters. The van der Waals surface area contributed by atoms with Gasteiger partial charge in [0.2, 0.25) is 0 Å². The number of benzene rings is 1. The number of halogens is 3. The molecule has 0 radical (unpaired) electrons. The molecule has 0 aromatic heterocycles. The van der Waals surface area contributed by atoms with E-state index in [-0.39, 0.29) is 0 Å². The predicted octanol–water partition coefficient (Wildman–Crippen LogP) is 2.92.